The number of aromatic nitrogens is 1. The third kappa shape index (κ3) is 3.34. The van der Waals surface area contributed by atoms with E-state index in [-0.39, 0.29) is 12.7 Å². The molecule has 0 bridgehead atoms. The molecule has 0 aromatic carbocycles. The van der Waals surface area contributed by atoms with Crippen LogP contribution in [0.1, 0.15) is 35.0 Å². The molecule has 0 unspecified atom stereocenters. The number of nitrogens with zero attached hydrogens (tertiary/aromatic N) is 1. The molecule has 0 aliphatic rings. The van der Waals surface area contributed by atoms with E-state index in [2.05, 4.69) is 14.5 Å². The summed E-state index contributed by atoms with van der Waals surface area (Å²) >= 11 is 0. The van der Waals surface area contributed by atoms with Gasteiger partial charge in [-0.2, -0.15) is 13.2 Å². The van der Waals surface area contributed by atoms with Crippen LogP contribution in [0, 0.1) is 0 Å². The van der Waals surface area contributed by atoms with Gasteiger partial charge in [-0.05, 0) is 13.0 Å². The number of esters is 1. The van der Waals surface area contributed by atoms with E-state index in [0.29, 0.717) is 0 Å². The summed E-state index contributed by atoms with van der Waals surface area (Å²) in [6.07, 6.45) is -8.25. The lowest BCUT2D eigenvalue weighted by Crippen LogP contribution is -2.18. The van der Waals surface area contributed by atoms with E-state index in [1.54, 1.807) is 0 Å². The van der Waals surface area contributed by atoms with E-state index in [9.17, 15) is 26.7 Å². The molecule has 1 rings (SSSR count). The molecule has 0 saturated heterocycles. The lowest BCUT2D eigenvalue weighted by atomic mass is 10.1. The van der Waals surface area contributed by atoms with Crippen molar-refractivity contribution in [1.29, 1.82) is 0 Å². The average Bonchev–Trinajstić information content (AvgIpc) is 2.36. The van der Waals surface area contributed by atoms with Gasteiger partial charge in [-0.3, -0.25) is 0 Å². The first-order chi connectivity index (χ1) is 9.22. The highest BCUT2D eigenvalue weighted by Gasteiger charge is 2.39. The average molecular weight is 299 g/mol. The summed E-state index contributed by atoms with van der Waals surface area (Å²) < 4.78 is 72.6. The normalized spacial score (nSPS) is 11.6. The molecule has 0 fully saturated rings. The van der Waals surface area contributed by atoms with Gasteiger partial charge in [-0.25, -0.2) is 18.6 Å². The Balaban J connectivity index is 3.52. The van der Waals surface area contributed by atoms with Crippen LogP contribution in [0.15, 0.2) is 6.07 Å². The maximum Gasteiger partial charge on any atom is 0.418 e. The number of halogens is 5. The molecule has 0 amide bonds. The predicted molar refractivity (Wildman–Crippen MR) is 56.7 cm³/mol. The van der Waals surface area contributed by atoms with Crippen molar-refractivity contribution in [2.75, 3.05) is 13.7 Å². The lowest BCUT2D eigenvalue weighted by Gasteiger charge is -2.15. The first-order valence-corrected chi connectivity index (χ1v) is 5.33. The van der Waals surface area contributed by atoms with Crippen molar-refractivity contribution in [3.05, 3.63) is 22.9 Å². The van der Waals surface area contributed by atoms with Gasteiger partial charge < -0.3 is 9.47 Å². The maximum atomic E-state index is 12.8. The fraction of sp³-hybridized carbons (Fsp3) is 0.455. The van der Waals surface area contributed by atoms with Crippen LogP contribution >= 0.6 is 0 Å². The fourth-order valence-corrected chi connectivity index (χ4v) is 1.40. The van der Waals surface area contributed by atoms with Gasteiger partial charge in [-0.15, -0.1) is 0 Å². The fourth-order valence-electron chi connectivity index (χ4n) is 1.40. The summed E-state index contributed by atoms with van der Waals surface area (Å²) in [7, 11) is 0.955. The molecule has 20 heavy (non-hydrogen) atoms. The number of alkyl halides is 5. The Morgan fingerprint density at radius 1 is 1.40 bits per heavy atom. The summed E-state index contributed by atoms with van der Waals surface area (Å²) in [6, 6.07) is 0.142. The molecule has 1 aromatic heterocycles. The van der Waals surface area contributed by atoms with E-state index in [1.165, 1.54) is 6.92 Å². The molecule has 112 valence electrons. The van der Waals surface area contributed by atoms with Gasteiger partial charge in [0.2, 0.25) is 5.88 Å². The molecular weight excluding hydrogens is 289 g/mol. The second kappa shape index (κ2) is 6.02. The van der Waals surface area contributed by atoms with Crippen molar-refractivity contribution in [2.45, 2.75) is 19.5 Å². The standard InChI is InChI=1S/C11H10F5NO3/c1-3-20-10(18)7-6(11(14,15)16)4-5(8(12)13)9(17-7)19-2/h4,8H,3H2,1-2H3. The molecule has 0 aliphatic carbocycles. The summed E-state index contributed by atoms with van der Waals surface area (Å²) in [6.45, 7) is 1.20. The quantitative estimate of drug-likeness (QED) is 0.632. The number of hydrogen-bond donors (Lipinski definition) is 0. The predicted octanol–water partition coefficient (Wildman–Crippen LogP) is 3.22. The number of rotatable bonds is 4. The highest BCUT2D eigenvalue weighted by Crippen LogP contribution is 2.37. The lowest BCUT2D eigenvalue weighted by molar-refractivity contribution is -0.138. The molecular formula is C11H10F5NO3. The minimum Gasteiger partial charge on any atom is -0.481 e. The molecule has 0 atom stereocenters. The van der Waals surface area contributed by atoms with Crippen molar-refractivity contribution in [3.8, 4) is 5.88 Å². The first-order valence-electron chi connectivity index (χ1n) is 5.33. The van der Waals surface area contributed by atoms with Crippen LogP contribution in [0.4, 0.5) is 22.0 Å². The smallest absolute Gasteiger partial charge is 0.418 e. The van der Waals surface area contributed by atoms with Crippen LogP contribution in [0.25, 0.3) is 0 Å². The number of hydrogen-bond acceptors (Lipinski definition) is 4. The van der Waals surface area contributed by atoms with Gasteiger partial charge in [-0.1, -0.05) is 0 Å². The van der Waals surface area contributed by atoms with Crippen molar-refractivity contribution in [1.82, 2.24) is 4.98 Å². The molecule has 1 aromatic rings. The first kappa shape index (κ1) is 16.1. The minimum absolute atomic E-state index is 0.142. The largest absolute Gasteiger partial charge is 0.481 e. The van der Waals surface area contributed by atoms with E-state index in [4.69, 9.17) is 0 Å². The number of carbonyl (C=O) groups excluding carboxylic acids is 1. The van der Waals surface area contributed by atoms with E-state index >= 15 is 0 Å². The molecule has 0 N–H and O–H groups in total. The van der Waals surface area contributed by atoms with E-state index in [0.717, 1.165) is 7.11 Å². The van der Waals surface area contributed by atoms with Crippen molar-refractivity contribution in [2.24, 2.45) is 0 Å². The number of pyridine rings is 1. The van der Waals surface area contributed by atoms with Crippen LogP contribution in [0.3, 0.4) is 0 Å². The summed E-state index contributed by atoms with van der Waals surface area (Å²) in [5.74, 6) is -2.12. The van der Waals surface area contributed by atoms with Crippen LogP contribution < -0.4 is 4.74 Å². The van der Waals surface area contributed by atoms with Crippen LogP contribution in [0.2, 0.25) is 0 Å². The van der Waals surface area contributed by atoms with Gasteiger partial charge in [0.05, 0.1) is 24.8 Å². The number of ether oxygens (including phenoxy) is 2. The third-order valence-corrected chi connectivity index (χ3v) is 2.22. The molecule has 0 spiro atoms. The SMILES string of the molecule is CCOC(=O)c1nc(OC)c(C(F)F)cc1C(F)(F)F. The molecule has 0 aliphatic heterocycles. The summed E-state index contributed by atoms with van der Waals surface area (Å²) in [4.78, 5) is 14.6. The maximum absolute atomic E-state index is 12.8. The Bertz CT molecular complexity index is 502. The third-order valence-electron chi connectivity index (χ3n) is 2.22. The summed E-state index contributed by atoms with van der Waals surface area (Å²) in [5.41, 5.74) is -3.75. The molecule has 9 heteroatoms. The van der Waals surface area contributed by atoms with Gasteiger partial charge >= 0.3 is 12.1 Å². The minimum atomic E-state index is -5.02. The van der Waals surface area contributed by atoms with Crippen molar-refractivity contribution >= 4 is 5.97 Å². The monoisotopic (exact) mass is 299 g/mol. The zero-order chi connectivity index (χ0) is 15.5. The van der Waals surface area contributed by atoms with Gasteiger partial charge in [0.25, 0.3) is 6.43 Å². The van der Waals surface area contributed by atoms with E-state index < -0.39 is 41.3 Å². The highest BCUT2D eigenvalue weighted by molar-refractivity contribution is 5.89. The van der Waals surface area contributed by atoms with Crippen LogP contribution in [0.5, 0.6) is 5.88 Å². The van der Waals surface area contributed by atoms with Gasteiger partial charge in [0.15, 0.2) is 5.69 Å². The molecule has 4 nitrogen and oxygen atoms in total. The van der Waals surface area contributed by atoms with Crippen molar-refractivity contribution in [3.63, 3.8) is 0 Å². The van der Waals surface area contributed by atoms with Gasteiger partial charge in [0, 0.05) is 0 Å². The van der Waals surface area contributed by atoms with Crippen LogP contribution in [-0.2, 0) is 10.9 Å². The van der Waals surface area contributed by atoms with Crippen molar-refractivity contribution < 1.29 is 36.2 Å². The molecule has 0 radical (unpaired) electrons. The van der Waals surface area contributed by atoms with E-state index in [1.807, 2.05) is 0 Å². The van der Waals surface area contributed by atoms with Gasteiger partial charge in [0.1, 0.15) is 0 Å². The topological polar surface area (TPSA) is 48.4 Å². The number of carbonyl (C=O) groups is 1. The zero-order valence-electron chi connectivity index (χ0n) is 10.4. The second-order valence-corrected chi connectivity index (χ2v) is 3.50. The highest BCUT2D eigenvalue weighted by atomic mass is 19.4. The Hall–Kier alpha value is -1.93. The Kier molecular flexibility index (Phi) is 4.85. The molecule has 1 heterocycles. The second-order valence-electron chi connectivity index (χ2n) is 3.50. The Morgan fingerprint density at radius 3 is 2.40 bits per heavy atom. The van der Waals surface area contributed by atoms with Crippen LogP contribution in [-0.4, -0.2) is 24.7 Å². The Labute approximate surface area is 110 Å². The summed E-state index contributed by atoms with van der Waals surface area (Å²) in [5, 5.41) is 0. The molecule has 0 saturated carbocycles. The Morgan fingerprint density at radius 2 is 2.00 bits per heavy atom. The zero-order valence-corrected chi connectivity index (χ0v) is 10.4. The number of methoxy groups -OCH3 is 1.